The Morgan fingerprint density at radius 3 is 2.83 bits per heavy atom. The maximum Gasteiger partial charge on any atom is 0.108 e. The van der Waals surface area contributed by atoms with Crippen molar-refractivity contribution >= 4 is 5.69 Å². The van der Waals surface area contributed by atoms with Crippen LogP contribution < -0.4 is 5.32 Å². The number of piperidine rings is 1. The Hall–Kier alpha value is -1.26. The van der Waals surface area contributed by atoms with Crippen LogP contribution in [-0.2, 0) is 5.41 Å². The standard InChI is InChI=1S/C19H29N3O/c1-13(2)18-12-22-11-14(3)19(4,9-17(22)10-20-18)15-6-5-7-16(8-15)21-23/h5-8,13-14,17-18,20H,9-12H2,1-4H3/t14?,17?,18?,19-/m1/s1. The van der Waals surface area contributed by atoms with Crippen LogP contribution in [0.5, 0.6) is 0 Å². The zero-order chi connectivity index (χ0) is 16.6. The van der Waals surface area contributed by atoms with Crippen molar-refractivity contribution in [3.8, 4) is 0 Å². The molecule has 2 saturated heterocycles. The number of rotatable bonds is 3. The van der Waals surface area contributed by atoms with Gasteiger partial charge in [0.2, 0.25) is 0 Å². The molecule has 2 aliphatic rings. The van der Waals surface area contributed by atoms with Gasteiger partial charge in [0, 0.05) is 31.7 Å². The van der Waals surface area contributed by atoms with Crippen LogP contribution in [0.4, 0.5) is 5.69 Å². The predicted molar refractivity (Wildman–Crippen MR) is 95.0 cm³/mol. The summed E-state index contributed by atoms with van der Waals surface area (Å²) >= 11 is 0. The number of hydrogen-bond donors (Lipinski definition) is 1. The molecule has 0 amide bonds. The molecule has 4 nitrogen and oxygen atoms in total. The monoisotopic (exact) mass is 315 g/mol. The van der Waals surface area contributed by atoms with Crippen LogP contribution >= 0.6 is 0 Å². The van der Waals surface area contributed by atoms with Gasteiger partial charge in [0.25, 0.3) is 0 Å². The first kappa shape index (κ1) is 16.6. The molecule has 0 bridgehead atoms. The van der Waals surface area contributed by atoms with E-state index in [0.717, 1.165) is 26.1 Å². The summed E-state index contributed by atoms with van der Waals surface area (Å²) in [7, 11) is 0. The Morgan fingerprint density at radius 1 is 1.35 bits per heavy atom. The van der Waals surface area contributed by atoms with E-state index in [0.29, 0.717) is 29.6 Å². The van der Waals surface area contributed by atoms with E-state index >= 15 is 0 Å². The Labute approximate surface area is 139 Å². The van der Waals surface area contributed by atoms with E-state index in [2.05, 4.69) is 49.2 Å². The molecular formula is C19H29N3O. The van der Waals surface area contributed by atoms with Gasteiger partial charge in [-0.25, -0.2) is 0 Å². The Kier molecular flexibility index (Phi) is 4.56. The zero-order valence-corrected chi connectivity index (χ0v) is 14.7. The van der Waals surface area contributed by atoms with Crippen molar-refractivity contribution in [3.63, 3.8) is 0 Å². The molecular weight excluding hydrogens is 286 g/mol. The molecule has 2 heterocycles. The quantitative estimate of drug-likeness (QED) is 0.865. The SMILES string of the molecule is CC(C)C1CN2CC(C)[C@](C)(c3cccc(N=O)c3)CC2CN1. The molecule has 4 atom stereocenters. The summed E-state index contributed by atoms with van der Waals surface area (Å²) in [5, 5.41) is 6.85. The number of piperazine rings is 1. The van der Waals surface area contributed by atoms with Gasteiger partial charge in [0.05, 0.1) is 0 Å². The van der Waals surface area contributed by atoms with Crippen molar-refractivity contribution in [2.75, 3.05) is 19.6 Å². The second kappa shape index (κ2) is 6.33. The van der Waals surface area contributed by atoms with E-state index in [1.165, 1.54) is 5.56 Å². The lowest BCUT2D eigenvalue weighted by atomic mass is 9.65. The van der Waals surface area contributed by atoms with Crippen LogP contribution in [0.25, 0.3) is 0 Å². The van der Waals surface area contributed by atoms with Crippen LogP contribution in [0, 0.1) is 16.7 Å². The van der Waals surface area contributed by atoms with Crippen LogP contribution in [-0.4, -0.2) is 36.6 Å². The average Bonchev–Trinajstić information content (AvgIpc) is 2.55. The highest BCUT2D eigenvalue weighted by molar-refractivity contribution is 5.43. The van der Waals surface area contributed by atoms with Crippen LogP contribution in [0.3, 0.4) is 0 Å². The van der Waals surface area contributed by atoms with Crippen LogP contribution in [0.2, 0.25) is 0 Å². The van der Waals surface area contributed by atoms with Crippen LogP contribution in [0.1, 0.15) is 39.7 Å². The third-order valence-corrected chi connectivity index (χ3v) is 6.23. The fourth-order valence-electron chi connectivity index (χ4n) is 4.32. The molecule has 0 spiro atoms. The highest BCUT2D eigenvalue weighted by Gasteiger charge is 2.44. The summed E-state index contributed by atoms with van der Waals surface area (Å²) in [6.45, 7) is 12.7. The fraction of sp³-hybridized carbons (Fsp3) is 0.684. The summed E-state index contributed by atoms with van der Waals surface area (Å²) < 4.78 is 0. The third-order valence-electron chi connectivity index (χ3n) is 6.23. The van der Waals surface area contributed by atoms with Gasteiger partial charge in [-0.2, -0.15) is 0 Å². The van der Waals surface area contributed by atoms with Gasteiger partial charge in [-0.05, 0) is 46.5 Å². The van der Waals surface area contributed by atoms with E-state index in [1.807, 2.05) is 12.1 Å². The van der Waals surface area contributed by atoms with E-state index in [4.69, 9.17) is 0 Å². The molecule has 1 aromatic carbocycles. The highest BCUT2D eigenvalue weighted by Crippen LogP contribution is 2.43. The molecule has 1 aromatic rings. The number of hydrogen-bond acceptors (Lipinski definition) is 4. The summed E-state index contributed by atoms with van der Waals surface area (Å²) in [5.41, 5.74) is 1.90. The largest absolute Gasteiger partial charge is 0.311 e. The molecule has 1 N–H and O–H groups in total. The molecule has 3 rings (SSSR count). The lowest BCUT2D eigenvalue weighted by Gasteiger charge is -2.53. The third kappa shape index (κ3) is 3.07. The van der Waals surface area contributed by atoms with Crippen molar-refractivity contribution in [1.29, 1.82) is 0 Å². The minimum atomic E-state index is 0.105. The summed E-state index contributed by atoms with van der Waals surface area (Å²) in [6, 6.07) is 9.07. The predicted octanol–water partition coefficient (Wildman–Crippen LogP) is 3.68. The van der Waals surface area contributed by atoms with E-state index in [9.17, 15) is 4.91 Å². The van der Waals surface area contributed by atoms with Crippen molar-refractivity contribution in [1.82, 2.24) is 10.2 Å². The maximum atomic E-state index is 10.9. The summed E-state index contributed by atoms with van der Waals surface area (Å²) in [6.07, 6.45) is 1.13. The summed E-state index contributed by atoms with van der Waals surface area (Å²) in [4.78, 5) is 13.6. The Balaban J connectivity index is 1.82. The van der Waals surface area contributed by atoms with Gasteiger partial charge in [-0.3, -0.25) is 4.90 Å². The first-order valence-electron chi connectivity index (χ1n) is 8.85. The van der Waals surface area contributed by atoms with E-state index in [-0.39, 0.29) is 5.41 Å². The van der Waals surface area contributed by atoms with Gasteiger partial charge in [0.15, 0.2) is 0 Å². The van der Waals surface area contributed by atoms with Gasteiger partial charge in [-0.1, -0.05) is 39.8 Å². The average molecular weight is 315 g/mol. The molecule has 0 radical (unpaired) electrons. The fourth-order valence-corrected chi connectivity index (χ4v) is 4.32. The minimum Gasteiger partial charge on any atom is -0.311 e. The van der Waals surface area contributed by atoms with Crippen LogP contribution in [0.15, 0.2) is 29.4 Å². The van der Waals surface area contributed by atoms with Gasteiger partial charge >= 0.3 is 0 Å². The molecule has 0 aromatic heterocycles. The van der Waals surface area contributed by atoms with E-state index in [1.54, 1.807) is 6.07 Å². The Bertz CT molecular complexity index is 573. The molecule has 0 saturated carbocycles. The van der Waals surface area contributed by atoms with E-state index < -0.39 is 0 Å². The van der Waals surface area contributed by atoms with Crippen molar-refractivity contribution in [3.05, 3.63) is 34.7 Å². The number of nitrogens with zero attached hydrogens (tertiary/aromatic N) is 2. The van der Waals surface area contributed by atoms with Gasteiger partial charge in [-0.15, -0.1) is 4.91 Å². The topological polar surface area (TPSA) is 44.7 Å². The van der Waals surface area contributed by atoms with Crippen molar-refractivity contribution in [2.24, 2.45) is 17.0 Å². The number of nitrogens with one attached hydrogen (secondary N) is 1. The smallest absolute Gasteiger partial charge is 0.108 e. The molecule has 23 heavy (non-hydrogen) atoms. The molecule has 0 aliphatic carbocycles. The van der Waals surface area contributed by atoms with Crippen molar-refractivity contribution in [2.45, 2.75) is 51.6 Å². The first-order chi connectivity index (χ1) is 10.9. The Morgan fingerprint density at radius 2 is 2.13 bits per heavy atom. The second-order valence-corrected chi connectivity index (χ2v) is 8.03. The lowest BCUT2D eigenvalue weighted by Crippen LogP contribution is -2.64. The zero-order valence-electron chi connectivity index (χ0n) is 14.7. The molecule has 3 unspecified atom stereocenters. The van der Waals surface area contributed by atoms with Crippen molar-refractivity contribution < 1.29 is 0 Å². The lowest BCUT2D eigenvalue weighted by molar-refractivity contribution is 0.0177. The number of fused-ring (bicyclic) bond motifs is 1. The van der Waals surface area contributed by atoms with Gasteiger partial charge < -0.3 is 5.32 Å². The number of benzene rings is 1. The normalized spacial score (nSPS) is 35.1. The highest BCUT2D eigenvalue weighted by atomic mass is 16.3. The molecule has 2 fully saturated rings. The maximum absolute atomic E-state index is 10.9. The molecule has 126 valence electrons. The molecule has 4 heteroatoms. The molecule has 2 aliphatic heterocycles. The summed E-state index contributed by atoms with van der Waals surface area (Å²) in [5.74, 6) is 1.24. The number of nitroso groups, excluding NO2 is 1. The van der Waals surface area contributed by atoms with Gasteiger partial charge in [0.1, 0.15) is 5.69 Å². The first-order valence-corrected chi connectivity index (χ1v) is 8.85. The minimum absolute atomic E-state index is 0.105. The second-order valence-electron chi connectivity index (χ2n) is 8.03.